The van der Waals surface area contributed by atoms with Gasteiger partial charge in [0.25, 0.3) is 5.56 Å². The van der Waals surface area contributed by atoms with Crippen molar-refractivity contribution in [3.8, 4) is 22.6 Å². The van der Waals surface area contributed by atoms with Crippen LogP contribution in [0.5, 0.6) is 11.5 Å². The smallest absolute Gasteiger partial charge is 0.258 e. The fourth-order valence-electron chi connectivity index (χ4n) is 2.24. The molecule has 0 radical (unpaired) electrons. The van der Waals surface area contributed by atoms with Gasteiger partial charge >= 0.3 is 0 Å². The van der Waals surface area contributed by atoms with Crippen LogP contribution in [0.1, 0.15) is 6.92 Å². The third-order valence-corrected chi connectivity index (χ3v) is 3.22. The lowest BCUT2D eigenvalue weighted by atomic mass is 10.0. The predicted octanol–water partition coefficient (Wildman–Crippen LogP) is 2.69. The Kier molecular flexibility index (Phi) is 3.31. The number of phenolic OH excluding ortho intramolecular Hbond substituents is 1. The first-order chi connectivity index (χ1) is 10.2. The maximum Gasteiger partial charge on any atom is 0.258 e. The third kappa shape index (κ3) is 2.45. The monoisotopic (exact) mass is 282 g/mol. The van der Waals surface area contributed by atoms with Gasteiger partial charge in [0.2, 0.25) is 0 Å². The molecular formula is C16H14N2O3. The molecule has 0 amide bonds. The van der Waals surface area contributed by atoms with Crippen LogP contribution in [0.15, 0.2) is 47.5 Å². The fraction of sp³-hybridized carbons (Fsp3) is 0.125. The van der Waals surface area contributed by atoms with Gasteiger partial charge in [-0.15, -0.1) is 0 Å². The molecular weight excluding hydrogens is 268 g/mol. The van der Waals surface area contributed by atoms with Gasteiger partial charge in [-0.05, 0) is 42.3 Å². The zero-order valence-corrected chi connectivity index (χ0v) is 11.5. The molecule has 3 rings (SSSR count). The largest absolute Gasteiger partial charge is 0.506 e. The SMILES string of the molecule is CCOc1ccc(-c2cc(O)c3nc[nH]c(=O)c3c2)cc1. The third-order valence-electron chi connectivity index (χ3n) is 3.22. The highest BCUT2D eigenvalue weighted by Crippen LogP contribution is 2.29. The van der Waals surface area contributed by atoms with E-state index in [1.165, 1.54) is 6.33 Å². The lowest BCUT2D eigenvalue weighted by molar-refractivity contribution is 0.340. The molecule has 0 aliphatic rings. The fourth-order valence-corrected chi connectivity index (χ4v) is 2.24. The maximum absolute atomic E-state index is 11.8. The summed E-state index contributed by atoms with van der Waals surface area (Å²) in [6.45, 7) is 2.53. The first-order valence-corrected chi connectivity index (χ1v) is 6.62. The molecule has 0 bridgehead atoms. The van der Waals surface area contributed by atoms with Crippen LogP contribution < -0.4 is 10.3 Å². The van der Waals surface area contributed by atoms with E-state index in [1.54, 1.807) is 12.1 Å². The number of hydrogen-bond donors (Lipinski definition) is 2. The molecule has 0 atom stereocenters. The van der Waals surface area contributed by atoms with Gasteiger partial charge in [-0.1, -0.05) is 12.1 Å². The number of nitrogens with zero attached hydrogens (tertiary/aromatic N) is 1. The second-order valence-corrected chi connectivity index (χ2v) is 4.58. The molecule has 3 aromatic rings. The Morgan fingerprint density at radius 3 is 2.67 bits per heavy atom. The Bertz CT molecular complexity index is 838. The number of nitrogens with one attached hydrogen (secondary N) is 1. The van der Waals surface area contributed by atoms with Gasteiger partial charge in [0, 0.05) is 0 Å². The van der Waals surface area contributed by atoms with E-state index in [1.807, 2.05) is 31.2 Å². The molecule has 0 spiro atoms. The molecule has 0 aliphatic carbocycles. The van der Waals surface area contributed by atoms with Crippen molar-refractivity contribution in [3.05, 3.63) is 53.1 Å². The number of fused-ring (bicyclic) bond motifs is 1. The average molecular weight is 282 g/mol. The highest BCUT2D eigenvalue weighted by atomic mass is 16.5. The lowest BCUT2D eigenvalue weighted by Gasteiger charge is -2.07. The van der Waals surface area contributed by atoms with Crippen LogP contribution in [0.4, 0.5) is 0 Å². The number of phenols is 1. The summed E-state index contributed by atoms with van der Waals surface area (Å²) < 4.78 is 5.40. The van der Waals surface area contributed by atoms with E-state index >= 15 is 0 Å². The lowest BCUT2D eigenvalue weighted by Crippen LogP contribution is -2.06. The molecule has 0 saturated heterocycles. The Labute approximate surface area is 120 Å². The second kappa shape index (κ2) is 5.28. The van der Waals surface area contributed by atoms with E-state index in [9.17, 15) is 9.90 Å². The number of aromatic amines is 1. The molecule has 1 aromatic heterocycles. The summed E-state index contributed by atoms with van der Waals surface area (Å²) in [5.74, 6) is 0.772. The maximum atomic E-state index is 11.8. The number of aromatic nitrogens is 2. The summed E-state index contributed by atoms with van der Waals surface area (Å²) in [7, 11) is 0. The topological polar surface area (TPSA) is 75.2 Å². The molecule has 2 N–H and O–H groups in total. The van der Waals surface area contributed by atoms with Gasteiger partial charge in [0.05, 0.1) is 18.3 Å². The number of benzene rings is 2. The van der Waals surface area contributed by atoms with E-state index < -0.39 is 0 Å². The molecule has 0 saturated carbocycles. The zero-order chi connectivity index (χ0) is 14.8. The first-order valence-electron chi connectivity index (χ1n) is 6.62. The van der Waals surface area contributed by atoms with Crippen LogP contribution in [0, 0.1) is 0 Å². The van der Waals surface area contributed by atoms with Gasteiger partial charge in [-0.3, -0.25) is 4.79 Å². The summed E-state index contributed by atoms with van der Waals surface area (Å²) in [5, 5.41) is 10.4. The summed E-state index contributed by atoms with van der Waals surface area (Å²) in [6, 6.07) is 10.8. The van der Waals surface area contributed by atoms with Crippen molar-refractivity contribution in [2.24, 2.45) is 0 Å². The molecule has 0 fully saturated rings. The minimum atomic E-state index is -0.275. The van der Waals surface area contributed by atoms with Gasteiger partial charge < -0.3 is 14.8 Å². The second-order valence-electron chi connectivity index (χ2n) is 4.58. The van der Waals surface area contributed by atoms with E-state index in [0.29, 0.717) is 17.5 Å². The van der Waals surface area contributed by atoms with Gasteiger partial charge in [0.15, 0.2) is 0 Å². The van der Waals surface area contributed by atoms with Crippen molar-refractivity contribution < 1.29 is 9.84 Å². The summed E-state index contributed by atoms with van der Waals surface area (Å²) in [4.78, 5) is 18.3. The van der Waals surface area contributed by atoms with Gasteiger partial charge in [-0.2, -0.15) is 0 Å². The van der Waals surface area contributed by atoms with Gasteiger partial charge in [-0.25, -0.2) is 4.98 Å². The standard InChI is InChI=1S/C16H14N2O3/c1-2-21-12-5-3-10(4-6-12)11-7-13-15(14(19)8-11)17-9-18-16(13)20/h3-9,19H,2H2,1H3,(H,17,18,20). The van der Waals surface area contributed by atoms with Crippen molar-refractivity contribution in [2.75, 3.05) is 6.61 Å². The van der Waals surface area contributed by atoms with E-state index in [-0.39, 0.29) is 11.3 Å². The Morgan fingerprint density at radius 1 is 1.19 bits per heavy atom. The van der Waals surface area contributed by atoms with Crippen molar-refractivity contribution in [2.45, 2.75) is 6.92 Å². The minimum Gasteiger partial charge on any atom is -0.506 e. The molecule has 5 heteroatoms. The number of rotatable bonds is 3. The Balaban J connectivity index is 2.12. The molecule has 21 heavy (non-hydrogen) atoms. The van der Waals surface area contributed by atoms with Crippen LogP contribution in [0.25, 0.3) is 22.0 Å². The summed E-state index contributed by atoms with van der Waals surface area (Å²) >= 11 is 0. The Morgan fingerprint density at radius 2 is 1.95 bits per heavy atom. The van der Waals surface area contributed by atoms with Crippen LogP contribution in [0.3, 0.4) is 0 Å². The molecule has 106 valence electrons. The zero-order valence-electron chi connectivity index (χ0n) is 11.5. The summed E-state index contributed by atoms with van der Waals surface area (Å²) in [5.41, 5.74) is 1.66. The Hall–Kier alpha value is -2.82. The van der Waals surface area contributed by atoms with E-state index in [2.05, 4.69) is 9.97 Å². The van der Waals surface area contributed by atoms with Gasteiger partial charge in [0.1, 0.15) is 17.0 Å². The number of hydrogen-bond acceptors (Lipinski definition) is 4. The highest BCUT2D eigenvalue weighted by molar-refractivity contribution is 5.88. The summed E-state index contributed by atoms with van der Waals surface area (Å²) in [6.07, 6.45) is 1.28. The highest BCUT2D eigenvalue weighted by Gasteiger charge is 2.08. The van der Waals surface area contributed by atoms with Crippen molar-refractivity contribution in [3.63, 3.8) is 0 Å². The number of ether oxygens (including phenoxy) is 1. The first kappa shape index (κ1) is 13.2. The molecule has 0 unspecified atom stereocenters. The van der Waals surface area contributed by atoms with E-state index in [0.717, 1.165) is 16.9 Å². The van der Waals surface area contributed by atoms with Crippen molar-refractivity contribution in [1.29, 1.82) is 0 Å². The quantitative estimate of drug-likeness (QED) is 0.774. The number of aromatic hydroxyl groups is 1. The van der Waals surface area contributed by atoms with Crippen molar-refractivity contribution >= 4 is 10.9 Å². The van der Waals surface area contributed by atoms with Crippen molar-refractivity contribution in [1.82, 2.24) is 9.97 Å². The van der Waals surface area contributed by atoms with E-state index in [4.69, 9.17) is 4.74 Å². The van der Waals surface area contributed by atoms with Crippen LogP contribution in [-0.4, -0.2) is 21.7 Å². The van der Waals surface area contributed by atoms with Crippen LogP contribution >= 0.6 is 0 Å². The van der Waals surface area contributed by atoms with Crippen LogP contribution in [0.2, 0.25) is 0 Å². The predicted molar refractivity (Wildman–Crippen MR) is 80.6 cm³/mol. The average Bonchev–Trinajstić information content (AvgIpc) is 2.49. The number of H-pyrrole nitrogens is 1. The normalized spacial score (nSPS) is 10.7. The molecule has 1 heterocycles. The molecule has 0 aliphatic heterocycles. The van der Waals surface area contributed by atoms with Crippen LogP contribution in [-0.2, 0) is 0 Å². The minimum absolute atomic E-state index is 0.0116. The molecule has 2 aromatic carbocycles. The molecule has 5 nitrogen and oxygen atoms in total.